The lowest BCUT2D eigenvalue weighted by Crippen LogP contribution is -1.91. The molecule has 0 amide bonds. The third-order valence-electron chi connectivity index (χ3n) is 7.50. The van der Waals surface area contributed by atoms with Crippen molar-refractivity contribution in [2.45, 2.75) is 0 Å². The van der Waals surface area contributed by atoms with Crippen molar-refractivity contribution in [1.29, 1.82) is 0 Å². The monoisotopic (exact) mass is 510 g/mol. The fourth-order valence-electron chi connectivity index (χ4n) is 5.39. The molecule has 0 N–H and O–H groups in total. The van der Waals surface area contributed by atoms with Crippen molar-refractivity contribution in [3.63, 3.8) is 0 Å². The molecule has 0 spiro atoms. The van der Waals surface area contributed by atoms with Crippen molar-refractivity contribution >= 4 is 43.6 Å². The summed E-state index contributed by atoms with van der Waals surface area (Å²) in [5.74, 6) is 0. The van der Waals surface area contributed by atoms with Gasteiger partial charge in [-0.15, -0.1) is 0 Å². The lowest BCUT2D eigenvalue weighted by molar-refractivity contribution is 1.36. The summed E-state index contributed by atoms with van der Waals surface area (Å²) in [4.78, 5) is 19.7. The predicted molar refractivity (Wildman–Crippen MR) is 164 cm³/mol. The zero-order chi connectivity index (χ0) is 26.5. The second kappa shape index (κ2) is 9.07. The minimum Gasteiger partial charge on any atom is -0.254 e. The highest BCUT2D eigenvalue weighted by molar-refractivity contribution is 6.04. The van der Waals surface area contributed by atoms with Crippen LogP contribution in [-0.4, -0.2) is 19.9 Å². The lowest BCUT2D eigenvalue weighted by Gasteiger charge is -2.09. The number of fused-ring (bicyclic) bond motifs is 6. The van der Waals surface area contributed by atoms with Crippen molar-refractivity contribution in [1.82, 2.24) is 19.9 Å². The molecule has 0 aliphatic rings. The molecule has 8 rings (SSSR count). The first kappa shape index (κ1) is 22.5. The first-order chi connectivity index (χ1) is 19.8. The highest BCUT2D eigenvalue weighted by Crippen LogP contribution is 2.30. The quantitative estimate of drug-likeness (QED) is 0.223. The van der Waals surface area contributed by atoms with Crippen LogP contribution < -0.4 is 0 Å². The van der Waals surface area contributed by atoms with Gasteiger partial charge in [-0.05, 0) is 24.3 Å². The predicted octanol–water partition coefficient (Wildman–Crippen LogP) is 8.88. The molecule has 4 heteroatoms. The zero-order valence-electron chi connectivity index (χ0n) is 21.5. The Morgan fingerprint density at radius 3 is 1.20 bits per heavy atom. The van der Waals surface area contributed by atoms with Gasteiger partial charge in [0, 0.05) is 44.4 Å². The first-order valence-electron chi connectivity index (χ1n) is 13.3. The molecule has 0 radical (unpaired) electrons. The van der Waals surface area contributed by atoms with Gasteiger partial charge in [0.05, 0.1) is 39.1 Å². The molecule has 40 heavy (non-hydrogen) atoms. The van der Waals surface area contributed by atoms with E-state index in [4.69, 9.17) is 15.0 Å². The van der Waals surface area contributed by atoms with Crippen molar-refractivity contribution in [2.24, 2.45) is 0 Å². The van der Waals surface area contributed by atoms with Crippen molar-refractivity contribution in [3.05, 3.63) is 134 Å². The Labute approximate surface area is 230 Å². The van der Waals surface area contributed by atoms with E-state index in [1.807, 2.05) is 30.5 Å². The van der Waals surface area contributed by atoms with Crippen LogP contribution in [0.3, 0.4) is 0 Å². The Morgan fingerprint density at radius 2 is 0.700 bits per heavy atom. The fourth-order valence-corrected chi connectivity index (χ4v) is 5.39. The molecule has 0 unspecified atom stereocenters. The maximum absolute atomic E-state index is 5.10. The van der Waals surface area contributed by atoms with Crippen molar-refractivity contribution in [2.75, 3.05) is 0 Å². The maximum atomic E-state index is 5.10. The smallest absolute Gasteiger partial charge is 0.0972 e. The van der Waals surface area contributed by atoms with Crippen LogP contribution in [0, 0.1) is 0 Å². The number of benzene rings is 4. The van der Waals surface area contributed by atoms with E-state index in [-0.39, 0.29) is 0 Å². The van der Waals surface area contributed by atoms with Crippen LogP contribution in [0.15, 0.2) is 134 Å². The third kappa shape index (κ3) is 3.77. The summed E-state index contributed by atoms with van der Waals surface area (Å²) in [6.45, 7) is 0. The summed E-state index contributed by atoms with van der Waals surface area (Å²) in [7, 11) is 0. The lowest BCUT2D eigenvalue weighted by atomic mass is 10.0. The van der Waals surface area contributed by atoms with Gasteiger partial charge in [-0.3, -0.25) is 4.98 Å². The van der Waals surface area contributed by atoms with Gasteiger partial charge in [-0.1, -0.05) is 103 Å². The molecule has 4 aromatic heterocycles. The van der Waals surface area contributed by atoms with Crippen LogP contribution in [0.25, 0.3) is 77.4 Å². The number of pyridine rings is 4. The third-order valence-corrected chi connectivity index (χ3v) is 7.50. The zero-order valence-corrected chi connectivity index (χ0v) is 21.5. The van der Waals surface area contributed by atoms with E-state index in [0.29, 0.717) is 0 Å². The minimum atomic E-state index is 0.910. The summed E-state index contributed by atoms with van der Waals surface area (Å²) in [6.07, 6.45) is 1.82. The average molecular weight is 511 g/mol. The van der Waals surface area contributed by atoms with Gasteiger partial charge in [0.1, 0.15) is 0 Å². The topological polar surface area (TPSA) is 51.6 Å². The average Bonchev–Trinajstić information content (AvgIpc) is 3.04. The Hall–Kier alpha value is -5.48. The molecular formula is C36H22N4. The van der Waals surface area contributed by atoms with Crippen LogP contribution in [0.2, 0.25) is 0 Å². The summed E-state index contributed by atoms with van der Waals surface area (Å²) < 4.78 is 0. The number of aromatic nitrogens is 4. The molecule has 8 aromatic rings. The molecule has 0 saturated carbocycles. The Kier molecular flexibility index (Phi) is 5.10. The molecule has 4 aromatic carbocycles. The van der Waals surface area contributed by atoms with Gasteiger partial charge < -0.3 is 0 Å². The number of hydrogen-bond donors (Lipinski definition) is 0. The van der Waals surface area contributed by atoms with E-state index >= 15 is 0 Å². The van der Waals surface area contributed by atoms with E-state index in [2.05, 4.69) is 108 Å². The van der Waals surface area contributed by atoms with E-state index in [9.17, 15) is 0 Å². The van der Waals surface area contributed by atoms with Gasteiger partial charge >= 0.3 is 0 Å². The molecule has 0 fully saturated rings. The summed E-state index contributed by atoms with van der Waals surface area (Å²) in [6, 6.07) is 43.8. The van der Waals surface area contributed by atoms with Crippen LogP contribution >= 0.6 is 0 Å². The maximum Gasteiger partial charge on any atom is 0.0972 e. The molecule has 0 aliphatic heterocycles. The molecule has 4 nitrogen and oxygen atoms in total. The van der Waals surface area contributed by atoms with Gasteiger partial charge in [0.2, 0.25) is 0 Å². The minimum absolute atomic E-state index is 0.910. The van der Waals surface area contributed by atoms with Gasteiger partial charge in [0.15, 0.2) is 0 Å². The highest BCUT2D eigenvalue weighted by Gasteiger charge is 2.10. The van der Waals surface area contributed by atoms with Crippen LogP contribution in [0.5, 0.6) is 0 Å². The Bertz CT molecular complexity index is 2200. The normalized spacial score (nSPS) is 11.5. The summed E-state index contributed by atoms with van der Waals surface area (Å²) >= 11 is 0. The second-order valence-corrected chi connectivity index (χ2v) is 9.95. The van der Waals surface area contributed by atoms with Gasteiger partial charge in [-0.2, -0.15) is 0 Å². The molecule has 0 aliphatic carbocycles. The standard InChI is InChI=1S/C36H22N4/c1-2-5-23(6-3-1)30-19-17-28-14-15-29-18-21-32(40-36(29)35(28)39-30)25-10-8-24(9-11-25)31-20-16-27-13-12-26-7-4-22-37-33(26)34(27)38-31/h1-22H. The van der Waals surface area contributed by atoms with E-state index in [1.165, 1.54) is 0 Å². The fraction of sp³-hybridized carbons (Fsp3) is 0. The first-order valence-corrected chi connectivity index (χ1v) is 13.3. The van der Waals surface area contributed by atoms with E-state index in [1.54, 1.807) is 0 Å². The number of rotatable bonds is 3. The van der Waals surface area contributed by atoms with Crippen molar-refractivity contribution in [3.8, 4) is 33.8 Å². The van der Waals surface area contributed by atoms with E-state index < -0.39 is 0 Å². The van der Waals surface area contributed by atoms with Gasteiger partial charge in [0.25, 0.3) is 0 Å². The Balaban J connectivity index is 1.20. The number of nitrogens with zero attached hydrogens (tertiary/aromatic N) is 4. The second-order valence-electron chi connectivity index (χ2n) is 9.95. The molecule has 186 valence electrons. The SMILES string of the molecule is c1ccc(-c2ccc3ccc4ccc(-c5ccc(-c6ccc7ccc8cccnc8c7n6)cc5)nc4c3n2)cc1. The van der Waals surface area contributed by atoms with Crippen LogP contribution in [-0.2, 0) is 0 Å². The number of hydrogen-bond acceptors (Lipinski definition) is 4. The summed E-state index contributed by atoms with van der Waals surface area (Å²) in [5, 5.41) is 4.34. The molecule has 0 saturated heterocycles. The van der Waals surface area contributed by atoms with Gasteiger partial charge in [-0.25, -0.2) is 15.0 Å². The molecule has 0 bridgehead atoms. The molecule has 4 heterocycles. The summed E-state index contributed by atoms with van der Waals surface area (Å²) in [5.41, 5.74) is 9.66. The van der Waals surface area contributed by atoms with Crippen molar-refractivity contribution < 1.29 is 0 Å². The molecular weight excluding hydrogens is 488 g/mol. The highest BCUT2D eigenvalue weighted by atomic mass is 14.8. The largest absolute Gasteiger partial charge is 0.254 e. The Morgan fingerprint density at radius 1 is 0.300 bits per heavy atom. The molecule has 0 atom stereocenters. The van der Waals surface area contributed by atoms with Crippen LogP contribution in [0.4, 0.5) is 0 Å². The van der Waals surface area contributed by atoms with Crippen LogP contribution in [0.1, 0.15) is 0 Å². The van der Waals surface area contributed by atoms with E-state index in [0.717, 1.165) is 77.4 Å².